The highest BCUT2D eigenvalue weighted by Crippen LogP contribution is 2.33. The number of amides is 1. The second-order valence-corrected chi connectivity index (χ2v) is 12.2. The minimum Gasteiger partial charge on any atom is -0.481 e. The predicted octanol–water partition coefficient (Wildman–Crippen LogP) is 5.83. The van der Waals surface area contributed by atoms with Crippen molar-refractivity contribution in [2.75, 3.05) is 11.4 Å². The van der Waals surface area contributed by atoms with Crippen molar-refractivity contribution in [1.82, 2.24) is 4.31 Å². The van der Waals surface area contributed by atoms with E-state index in [9.17, 15) is 31.2 Å². The van der Waals surface area contributed by atoms with Crippen molar-refractivity contribution < 1.29 is 40.7 Å². The van der Waals surface area contributed by atoms with Crippen LogP contribution in [-0.4, -0.2) is 36.3 Å². The summed E-state index contributed by atoms with van der Waals surface area (Å²) in [5.74, 6) is -3.32. The van der Waals surface area contributed by atoms with Crippen LogP contribution in [-0.2, 0) is 38.9 Å². The van der Waals surface area contributed by atoms with E-state index < -0.39 is 40.4 Å². The summed E-state index contributed by atoms with van der Waals surface area (Å²) in [5.41, 5.74) is 2.98. The first-order valence-electron chi connectivity index (χ1n) is 13.0. The van der Waals surface area contributed by atoms with E-state index in [0.29, 0.717) is 41.8 Å². The Labute approximate surface area is 236 Å². The Morgan fingerprint density at radius 2 is 1.68 bits per heavy atom. The molecule has 1 fully saturated rings. The minimum atomic E-state index is -4.71. The number of carbonyl (C=O) groups is 2. The largest absolute Gasteiger partial charge is 0.481 e. The average Bonchev–Trinajstić information content (AvgIpc) is 3.34. The molecule has 0 spiro atoms. The minimum absolute atomic E-state index is 0.0747. The van der Waals surface area contributed by atoms with Crippen molar-refractivity contribution in [2.24, 2.45) is 5.92 Å². The molecule has 4 rings (SSSR count). The highest BCUT2D eigenvalue weighted by molar-refractivity contribution is 7.89. The van der Waals surface area contributed by atoms with Crippen LogP contribution >= 0.6 is 0 Å². The van der Waals surface area contributed by atoms with E-state index in [2.05, 4.69) is 0 Å². The van der Waals surface area contributed by atoms with Gasteiger partial charge in [0.1, 0.15) is 5.76 Å². The van der Waals surface area contributed by atoms with Crippen LogP contribution in [0.4, 0.5) is 18.9 Å². The van der Waals surface area contributed by atoms with E-state index in [1.807, 2.05) is 6.92 Å². The smallest absolute Gasteiger partial charge is 0.449 e. The Bertz CT molecular complexity index is 1520. The van der Waals surface area contributed by atoms with Crippen LogP contribution in [0.5, 0.6) is 0 Å². The number of piperidine rings is 1. The number of furan rings is 1. The highest BCUT2D eigenvalue weighted by Gasteiger charge is 2.36. The van der Waals surface area contributed by atoms with Gasteiger partial charge in [-0.3, -0.25) is 9.59 Å². The van der Waals surface area contributed by atoms with Gasteiger partial charge in [-0.15, -0.1) is 0 Å². The van der Waals surface area contributed by atoms with E-state index in [-0.39, 0.29) is 29.5 Å². The third-order valence-corrected chi connectivity index (χ3v) is 9.15. The van der Waals surface area contributed by atoms with Crippen molar-refractivity contribution in [2.45, 2.75) is 64.2 Å². The fraction of sp³-hybridized carbons (Fsp3) is 0.379. The number of aryl methyl sites for hydroxylation is 3. The molecule has 0 saturated carbocycles. The number of hydrogen-bond acceptors (Lipinski definition) is 5. The van der Waals surface area contributed by atoms with Crippen LogP contribution in [0.25, 0.3) is 0 Å². The van der Waals surface area contributed by atoms with Crippen LogP contribution in [0, 0.1) is 26.7 Å². The monoisotopic (exact) mass is 592 g/mol. The number of halogens is 3. The first kappa shape index (κ1) is 30.3. The predicted molar refractivity (Wildman–Crippen MR) is 145 cm³/mol. The molecular weight excluding hydrogens is 561 g/mol. The molecule has 1 N–H and O–H groups in total. The summed E-state index contributed by atoms with van der Waals surface area (Å²) in [7, 11) is -4.19. The number of aliphatic carboxylic acids is 1. The van der Waals surface area contributed by atoms with Crippen LogP contribution in [0.3, 0.4) is 0 Å². The van der Waals surface area contributed by atoms with Gasteiger partial charge in [0.05, 0.1) is 17.9 Å². The zero-order valence-electron chi connectivity index (χ0n) is 22.9. The topological polar surface area (TPSA) is 108 Å². The van der Waals surface area contributed by atoms with E-state index in [0.717, 1.165) is 22.0 Å². The molecule has 1 atom stereocenters. The van der Waals surface area contributed by atoms with Gasteiger partial charge >= 0.3 is 12.1 Å². The fourth-order valence-electron chi connectivity index (χ4n) is 5.31. The zero-order chi connectivity index (χ0) is 30.1. The number of hydrogen-bond donors (Lipinski definition) is 1. The number of carbonyl (C=O) groups excluding carboxylic acids is 1. The molecule has 0 aliphatic carbocycles. The summed E-state index contributed by atoms with van der Waals surface area (Å²) in [6, 6.07) is 11.9. The Hall–Kier alpha value is -3.64. The molecule has 1 amide bonds. The lowest BCUT2D eigenvalue weighted by molar-refractivity contribution is -0.153. The van der Waals surface area contributed by atoms with E-state index in [1.54, 1.807) is 50.2 Å². The molecule has 2 heterocycles. The van der Waals surface area contributed by atoms with Gasteiger partial charge in [-0.25, -0.2) is 8.42 Å². The third-order valence-electron chi connectivity index (χ3n) is 7.05. The van der Waals surface area contributed by atoms with E-state index in [1.165, 1.54) is 4.90 Å². The Kier molecular flexibility index (Phi) is 8.65. The number of anilines is 1. The molecule has 2 aromatic carbocycles. The molecular formula is C29H31F3N2O6S. The van der Waals surface area contributed by atoms with Crippen molar-refractivity contribution in [1.29, 1.82) is 0 Å². The molecule has 0 bridgehead atoms. The van der Waals surface area contributed by atoms with Gasteiger partial charge < -0.3 is 14.4 Å². The van der Waals surface area contributed by atoms with Gasteiger partial charge in [-0.2, -0.15) is 17.5 Å². The SMILES string of the molecule is Cc1cc(C)c(S(=O)(=O)N(Cc2ccc(N3CCCC(CC(=O)O)C3=O)cc2)Cc2ccc(C(F)(F)F)o2)c(C)c1. The standard InChI is InChI=1S/C29H31F3N2O6S/c1-18-13-19(2)27(20(3)14-18)41(38,39)33(17-24-10-11-25(40-24)29(30,31)32)16-21-6-8-23(9-7-21)34-12-4-5-22(28(34)37)15-26(35)36/h6-11,13-14,22H,4-5,12,15-17H2,1-3H3,(H,35,36). The molecule has 1 aromatic heterocycles. The molecule has 1 aliphatic rings. The normalized spacial score (nSPS) is 16.4. The number of sulfonamides is 1. The molecule has 3 aromatic rings. The first-order chi connectivity index (χ1) is 19.2. The number of alkyl halides is 3. The molecule has 12 heteroatoms. The maximum atomic E-state index is 13.9. The lowest BCUT2D eigenvalue weighted by Crippen LogP contribution is -2.42. The Balaban J connectivity index is 1.65. The summed E-state index contributed by atoms with van der Waals surface area (Å²) < 4.78 is 73.4. The Morgan fingerprint density at radius 3 is 2.24 bits per heavy atom. The molecule has 220 valence electrons. The maximum absolute atomic E-state index is 13.9. The summed E-state index contributed by atoms with van der Waals surface area (Å²) >= 11 is 0. The van der Waals surface area contributed by atoms with E-state index in [4.69, 9.17) is 9.52 Å². The maximum Gasteiger partial charge on any atom is 0.449 e. The van der Waals surface area contributed by atoms with Crippen LogP contribution in [0.15, 0.2) is 57.8 Å². The van der Waals surface area contributed by atoms with Gasteiger partial charge in [0, 0.05) is 24.7 Å². The van der Waals surface area contributed by atoms with Crippen molar-refractivity contribution in [3.05, 3.63) is 82.3 Å². The van der Waals surface area contributed by atoms with Crippen LogP contribution < -0.4 is 4.90 Å². The molecule has 0 radical (unpaired) electrons. The zero-order valence-corrected chi connectivity index (χ0v) is 23.7. The molecule has 1 unspecified atom stereocenters. The molecule has 41 heavy (non-hydrogen) atoms. The van der Waals surface area contributed by atoms with Gasteiger partial charge in [0.2, 0.25) is 21.7 Å². The van der Waals surface area contributed by atoms with Gasteiger partial charge in [-0.1, -0.05) is 29.8 Å². The number of carboxylic acids is 1. The van der Waals surface area contributed by atoms with Crippen LogP contribution in [0.2, 0.25) is 0 Å². The third kappa shape index (κ3) is 6.82. The summed E-state index contributed by atoms with van der Waals surface area (Å²) in [4.78, 5) is 25.6. The fourth-order valence-corrected chi connectivity index (χ4v) is 7.12. The quantitative estimate of drug-likeness (QED) is 0.335. The van der Waals surface area contributed by atoms with Gasteiger partial charge in [0.25, 0.3) is 0 Å². The van der Waals surface area contributed by atoms with Crippen molar-refractivity contribution in [3.63, 3.8) is 0 Å². The van der Waals surface area contributed by atoms with Gasteiger partial charge in [-0.05, 0) is 74.6 Å². The number of rotatable bonds is 9. The lowest BCUT2D eigenvalue weighted by atomic mass is 9.93. The second-order valence-electron chi connectivity index (χ2n) is 10.4. The first-order valence-corrected chi connectivity index (χ1v) is 14.5. The summed E-state index contributed by atoms with van der Waals surface area (Å²) in [6.45, 7) is 5.00. The number of benzene rings is 2. The number of carboxylic acid groups (broad SMARTS) is 1. The van der Waals surface area contributed by atoms with Crippen molar-refractivity contribution >= 4 is 27.6 Å². The van der Waals surface area contributed by atoms with Crippen LogP contribution in [0.1, 0.15) is 53.0 Å². The average molecular weight is 593 g/mol. The lowest BCUT2D eigenvalue weighted by Gasteiger charge is -2.32. The molecule has 1 saturated heterocycles. The molecule has 1 aliphatic heterocycles. The highest BCUT2D eigenvalue weighted by atomic mass is 32.2. The van der Waals surface area contributed by atoms with Crippen molar-refractivity contribution in [3.8, 4) is 0 Å². The van der Waals surface area contributed by atoms with E-state index >= 15 is 0 Å². The Morgan fingerprint density at radius 1 is 1.05 bits per heavy atom. The summed E-state index contributed by atoms with van der Waals surface area (Å²) in [5, 5.41) is 9.12. The second kappa shape index (κ2) is 11.7. The number of nitrogens with zero attached hydrogens (tertiary/aromatic N) is 2. The van der Waals surface area contributed by atoms with Gasteiger partial charge in [0.15, 0.2) is 0 Å². The molecule has 8 nitrogen and oxygen atoms in total. The summed E-state index contributed by atoms with van der Waals surface area (Å²) in [6.07, 6.45) is -3.82.